The van der Waals surface area contributed by atoms with E-state index in [9.17, 15) is 14.0 Å². The van der Waals surface area contributed by atoms with Crippen molar-refractivity contribution < 1.29 is 18.7 Å². The Morgan fingerprint density at radius 2 is 2.07 bits per heavy atom. The molecule has 2 heterocycles. The number of aryl methyl sites for hydroxylation is 1. The number of amides is 2. The van der Waals surface area contributed by atoms with E-state index in [1.807, 2.05) is 6.92 Å². The lowest BCUT2D eigenvalue weighted by atomic mass is 10.1. The SMILES string of the molecule is Cc1cnc(NC(=O)CN(CCCN2CCOCC2)C(=O)c2ccccc2F)s1. The van der Waals surface area contributed by atoms with Crippen LogP contribution in [-0.2, 0) is 9.53 Å². The molecule has 1 aliphatic rings. The minimum atomic E-state index is -0.591. The Hall–Kier alpha value is -2.36. The van der Waals surface area contributed by atoms with Crippen LogP contribution in [0.25, 0.3) is 0 Å². The summed E-state index contributed by atoms with van der Waals surface area (Å²) in [7, 11) is 0. The Labute approximate surface area is 173 Å². The molecule has 2 aromatic rings. The van der Waals surface area contributed by atoms with Crippen molar-refractivity contribution in [2.45, 2.75) is 13.3 Å². The van der Waals surface area contributed by atoms with E-state index in [0.29, 0.717) is 31.3 Å². The fraction of sp³-hybridized carbons (Fsp3) is 0.450. The molecule has 3 rings (SSSR count). The van der Waals surface area contributed by atoms with Gasteiger partial charge in [0.25, 0.3) is 5.91 Å². The average Bonchev–Trinajstić information content (AvgIpc) is 3.12. The monoisotopic (exact) mass is 420 g/mol. The first-order chi connectivity index (χ1) is 14.0. The lowest BCUT2D eigenvalue weighted by Crippen LogP contribution is -2.41. The number of aromatic nitrogens is 1. The van der Waals surface area contributed by atoms with Crippen molar-refractivity contribution in [2.24, 2.45) is 0 Å². The first kappa shape index (κ1) is 21.4. The Morgan fingerprint density at radius 3 is 2.76 bits per heavy atom. The number of anilines is 1. The van der Waals surface area contributed by atoms with E-state index in [1.54, 1.807) is 12.3 Å². The molecule has 1 fully saturated rings. The summed E-state index contributed by atoms with van der Waals surface area (Å²) in [6.07, 6.45) is 2.36. The molecular formula is C20H25FN4O3S. The minimum Gasteiger partial charge on any atom is -0.379 e. The highest BCUT2D eigenvalue weighted by Gasteiger charge is 2.22. The standard InChI is InChI=1S/C20H25FN4O3S/c1-15-13-22-20(29-15)23-18(26)14-25(8-4-7-24-9-11-28-12-10-24)19(27)16-5-2-3-6-17(16)21/h2-3,5-6,13H,4,7-12,14H2,1H3,(H,22,23,26). The zero-order valence-corrected chi connectivity index (χ0v) is 17.2. The molecule has 0 saturated carbocycles. The number of thiazole rings is 1. The zero-order chi connectivity index (χ0) is 20.6. The van der Waals surface area contributed by atoms with Gasteiger partial charge in [-0.15, -0.1) is 11.3 Å². The molecule has 9 heteroatoms. The number of hydrogen-bond donors (Lipinski definition) is 1. The van der Waals surface area contributed by atoms with E-state index in [-0.39, 0.29) is 18.0 Å². The number of benzene rings is 1. The highest BCUT2D eigenvalue weighted by atomic mass is 32.1. The van der Waals surface area contributed by atoms with Crippen LogP contribution in [0.2, 0.25) is 0 Å². The van der Waals surface area contributed by atoms with Crippen LogP contribution in [0, 0.1) is 12.7 Å². The van der Waals surface area contributed by atoms with Crippen molar-refractivity contribution in [2.75, 3.05) is 51.3 Å². The molecule has 0 atom stereocenters. The van der Waals surface area contributed by atoms with Gasteiger partial charge in [-0.1, -0.05) is 12.1 Å². The number of nitrogens with zero attached hydrogens (tertiary/aromatic N) is 3. The quantitative estimate of drug-likeness (QED) is 0.710. The molecule has 156 valence electrons. The van der Waals surface area contributed by atoms with Gasteiger partial charge in [0.15, 0.2) is 5.13 Å². The van der Waals surface area contributed by atoms with Gasteiger partial charge in [-0.2, -0.15) is 0 Å². The number of carbonyl (C=O) groups is 2. The molecule has 0 bridgehead atoms. The van der Waals surface area contributed by atoms with Crippen molar-refractivity contribution >= 4 is 28.3 Å². The third kappa shape index (κ3) is 6.31. The third-order valence-electron chi connectivity index (χ3n) is 4.60. The van der Waals surface area contributed by atoms with Gasteiger partial charge in [0.2, 0.25) is 5.91 Å². The molecule has 0 spiro atoms. The molecule has 1 aromatic carbocycles. The summed E-state index contributed by atoms with van der Waals surface area (Å²) in [4.78, 5) is 34.1. The van der Waals surface area contributed by atoms with Crippen molar-refractivity contribution in [1.82, 2.24) is 14.8 Å². The largest absolute Gasteiger partial charge is 0.379 e. The number of halogens is 1. The Morgan fingerprint density at radius 1 is 1.31 bits per heavy atom. The summed E-state index contributed by atoms with van der Waals surface area (Å²) in [6.45, 7) is 5.99. The first-order valence-corrected chi connectivity index (χ1v) is 10.4. The average molecular weight is 421 g/mol. The number of morpholine rings is 1. The summed E-state index contributed by atoms with van der Waals surface area (Å²) < 4.78 is 19.5. The van der Waals surface area contributed by atoms with E-state index in [0.717, 1.165) is 24.5 Å². The number of hydrogen-bond acceptors (Lipinski definition) is 6. The fourth-order valence-corrected chi connectivity index (χ4v) is 3.79. The predicted octanol–water partition coefficient (Wildman–Crippen LogP) is 2.39. The maximum absolute atomic E-state index is 14.1. The molecule has 0 unspecified atom stereocenters. The van der Waals surface area contributed by atoms with Crippen LogP contribution in [0.5, 0.6) is 0 Å². The van der Waals surface area contributed by atoms with Gasteiger partial charge >= 0.3 is 0 Å². The summed E-state index contributed by atoms with van der Waals surface area (Å²) >= 11 is 1.36. The molecule has 2 amide bonds. The van der Waals surface area contributed by atoms with Gasteiger partial charge in [0.05, 0.1) is 18.8 Å². The summed E-state index contributed by atoms with van der Waals surface area (Å²) in [5.41, 5.74) is -0.0308. The van der Waals surface area contributed by atoms with Crippen LogP contribution in [0.15, 0.2) is 30.5 Å². The summed E-state index contributed by atoms with van der Waals surface area (Å²) in [5.74, 6) is -1.43. The van der Waals surface area contributed by atoms with Crippen LogP contribution < -0.4 is 5.32 Å². The Bertz CT molecular complexity index is 839. The predicted molar refractivity (Wildman–Crippen MR) is 110 cm³/mol. The molecular weight excluding hydrogens is 395 g/mol. The Kier molecular flexibility index (Phi) is 7.68. The van der Waals surface area contributed by atoms with Crippen molar-refractivity contribution in [3.8, 4) is 0 Å². The first-order valence-electron chi connectivity index (χ1n) is 9.59. The number of carbonyl (C=O) groups excluding carboxylic acids is 2. The number of nitrogens with one attached hydrogen (secondary N) is 1. The highest BCUT2D eigenvalue weighted by molar-refractivity contribution is 7.15. The van der Waals surface area contributed by atoms with Crippen LogP contribution in [-0.4, -0.2) is 72.5 Å². The van der Waals surface area contributed by atoms with E-state index < -0.39 is 11.7 Å². The van der Waals surface area contributed by atoms with Gasteiger partial charge in [0, 0.05) is 37.3 Å². The molecule has 29 heavy (non-hydrogen) atoms. The second kappa shape index (κ2) is 10.4. The number of rotatable bonds is 8. The smallest absolute Gasteiger partial charge is 0.257 e. The van der Waals surface area contributed by atoms with Gasteiger partial charge in [-0.25, -0.2) is 9.37 Å². The zero-order valence-electron chi connectivity index (χ0n) is 16.4. The molecule has 0 radical (unpaired) electrons. The molecule has 7 nitrogen and oxygen atoms in total. The van der Waals surface area contributed by atoms with E-state index >= 15 is 0 Å². The van der Waals surface area contributed by atoms with Crippen LogP contribution in [0.4, 0.5) is 9.52 Å². The summed E-state index contributed by atoms with van der Waals surface area (Å²) in [5, 5.41) is 3.19. The maximum Gasteiger partial charge on any atom is 0.257 e. The van der Waals surface area contributed by atoms with Crippen molar-refractivity contribution in [1.29, 1.82) is 0 Å². The summed E-state index contributed by atoms with van der Waals surface area (Å²) in [6, 6.07) is 5.83. The topological polar surface area (TPSA) is 74.8 Å². The van der Waals surface area contributed by atoms with E-state index in [4.69, 9.17) is 4.74 Å². The molecule has 1 N–H and O–H groups in total. The van der Waals surface area contributed by atoms with Crippen molar-refractivity contribution in [3.63, 3.8) is 0 Å². The number of ether oxygens (including phenoxy) is 1. The molecule has 1 saturated heterocycles. The van der Waals surface area contributed by atoms with Gasteiger partial charge in [0.1, 0.15) is 12.4 Å². The highest BCUT2D eigenvalue weighted by Crippen LogP contribution is 2.17. The normalized spacial score (nSPS) is 14.6. The van der Waals surface area contributed by atoms with Gasteiger partial charge < -0.3 is 15.0 Å². The molecule has 1 aromatic heterocycles. The van der Waals surface area contributed by atoms with Crippen LogP contribution in [0.3, 0.4) is 0 Å². The van der Waals surface area contributed by atoms with Gasteiger partial charge in [-0.05, 0) is 25.5 Å². The third-order valence-corrected chi connectivity index (χ3v) is 5.43. The lowest BCUT2D eigenvalue weighted by molar-refractivity contribution is -0.116. The van der Waals surface area contributed by atoms with Gasteiger partial charge in [-0.3, -0.25) is 14.5 Å². The minimum absolute atomic E-state index is 0.0308. The second-order valence-corrected chi connectivity index (χ2v) is 8.07. The van der Waals surface area contributed by atoms with Crippen LogP contribution >= 0.6 is 11.3 Å². The lowest BCUT2D eigenvalue weighted by Gasteiger charge is -2.28. The maximum atomic E-state index is 14.1. The van der Waals surface area contributed by atoms with E-state index in [1.165, 1.54) is 34.4 Å². The Balaban J connectivity index is 1.63. The molecule has 1 aliphatic heterocycles. The second-order valence-electron chi connectivity index (χ2n) is 6.84. The van der Waals surface area contributed by atoms with Crippen LogP contribution in [0.1, 0.15) is 21.7 Å². The fourth-order valence-electron chi connectivity index (χ4n) is 3.11. The van der Waals surface area contributed by atoms with E-state index in [2.05, 4.69) is 15.2 Å². The molecule has 0 aliphatic carbocycles. The van der Waals surface area contributed by atoms with Crippen molar-refractivity contribution in [3.05, 3.63) is 46.7 Å².